The molecule has 19 heavy (non-hydrogen) atoms. The van der Waals surface area contributed by atoms with Crippen LogP contribution in [0.4, 0.5) is 0 Å². The van der Waals surface area contributed by atoms with Gasteiger partial charge < -0.3 is 14.6 Å². The van der Waals surface area contributed by atoms with Crippen LogP contribution in [0, 0.1) is 5.92 Å². The first-order valence-electron chi connectivity index (χ1n) is 7.08. The third-order valence-electron chi connectivity index (χ3n) is 4.42. The van der Waals surface area contributed by atoms with Gasteiger partial charge in [-0.3, -0.25) is 0 Å². The summed E-state index contributed by atoms with van der Waals surface area (Å²) in [5, 5.41) is 11.0. The molecule has 0 aliphatic heterocycles. The van der Waals surface area contributed by atoms with E-state index in [9.17, 15) is 5.11 Å². The van der Waals surface area contributed by atoms with E-state index in [1.165, 1.54) is 6.42 Å². The van der Waals surface area contributed by atoms with Crippen molar-refractivity contribution in [2.45, 2.75) is 44.6 Å². The van der Waals surface area contributed by atoms with E-state index in [1.54, 1.807) is 14.2 Å². The zero-order chi connectivity index (χ0) is 13.9. The zero-order valence-corrected chi connectivity index (χ0v) is 12.1. The van der Waals surface area contributed by atoms with E-state index in [-0.39, 0.29) is 0 Å². The van der Waals surface area contributed by atoms with Crippen molar-refractivity contribution < 1.29 is 14.6 Å². The van der Waals surface area contributed by atoms with E-state index in [4.69, 9.17) is 9.47 Å². The standard InChI is InChI=1S/C16H24O3/c1-4-12-7-9-16(17,10-8-12)14-11-13(18-2)5-6-15(14)19-3/h5-6,11-12,17H,4,7-10H2,1-3H3. The van der Waals surface area contributed by atoms with E-state index in [2.05, 4.69) is 6.92 Å². The van der Waals surface area contributed by atoms with E-state index in [0.29, 0.717) is 0 Å². The molecule has 0 aromatic heterocycles. The lowest BCUT2D eigenvalue weighted by molar-refractivity contribution is -0.0164. The van der Waals surface area contributed by atoms with Crippen molar-refractivity contribution in [2.24, 2.45) is 5.92 Å². The van der Waals surface area contributed by atoms with Gasteiger partial charge in [0, 0.05) is 5.56 Å². The minimum absolute atomic E-state index is 0.747. The summed E-state index contributed by atoms with van der Waals surface area (Å²) >= 11 is 0. The Morgan fingerprint density at radius 1 is 1.21 bits per heavy atom. The van der Waals surface area contributed by atoms with Crippen LogP contribution in [-0.2, 0) is 5.60 Å². The van der Waals surface area contributed by atoms with E-state index in [1.807, 2.05) is 18.2 Å². The van der Waals surface area contributed by atoms with Gasteiger partial charge in [-0.15, -0.1) is 0 Å². The fourth-order valence-corrected chi connectivity index (χ4v) is 3.01. The van der Waals surface area contributed by atoms with Gasteiger partial charge in [-0.05, 0) is 49.8 Å². The summed E-state index contributed by atoms with van der Waals surface area (Å²) in [5.41, 5.74) is 0.0925. The van der Waals surface area contributed by atoms with Gasteiger partial charge in [0.2, 0.25) is 0 Å². The van der Waals surface area contributed by atoms with Gasteiger partial charge in [0.25, 0.3) is 0 Å². The van der Waals surface area contributed by atoms with Crippen LogP contribution in [-0.4, -0.2) is 19.3 Å². The molecule has 1 saturated carbocycles. The largest absolute Gasteiger partial charge is 0.497 e. The Kier molecular flexibility index (Phi) is 4.35. The van der Waals surface area contributed by atoms with E-state index >= 15 is 0 Å². The molecule has 3 heteroatoms. The number of methoxy groups -OCH3 is 2. The predicted molar refractivity (Wildman–Crippen MR) is 75.7 cm³/mol. The molecule has 1 N–H and O–H groups in total. The van der Waals surface area contributed by atoms with Crippen LogP contribution < -0.4 is 9.47 Å². The number of hydrogen-bond donors (Lipinski definition) is 1. The summed E-state index contributed by atoms with van der Waals surface area (Å²) in [6, 6.07) is 5.65. The lowest BCUT2D eigenvalue weighted by Crippen LogP contribution is -2.31. The Bertz CT molecular complexity index is 420. The molecule has 0 amide bonds. The smallest absolute Gasteiger partial charge is 0.125 e. The Morgan fingerprint density at radius 3 is 2.42 bits per heavy atom. The normalized spacial score (nSPS) is 27.1. The average Bonchev–Trinajstić information content (AvgIpc) is 2.47. The molecular weight excluding hydrogens is 240 g/mol. The first kappa shape index (κ1) is 14.2. The van der Waals surface area contributed by atoms with Crippen molar-refractivity contribution in [1.82, 2.24) is 0 Å². The van der Waals surface area contributed by atoms with Gasteiger partial charge in [-0.1, -0.05) is 13.3 Å². The minimum atomic E-state index is -0.772. The number of aliphatic hydroxyl groups is 1. The van der Waals surface area contributed by atoms with E-state index in [0.717, 1.165) is 48.7 Å². The van der Waals surface area contributed by atoms with Crippen LogP contribution >= 0.6 is 0 Å². The molecule has 2 rings (SSSR count). The highest BCUT2D eigenvalue weighted by molar-refractivity contribution is 5.44. The van der Waals surface area contributed by atoms with Gasteiger partial charge >= 0.3 is 0 Å². The highest BCUT2D eigenvalue weighted by Crippen LogP contribution is 2.44. The van der Waals surface area contributed by atoms with E-state index < -0.39 is 5.60 Å². The van der Waals surface area contributed by atoms with Crippen LogP contribution in [0.5, 0.6) is 11.5 Å². The third-order valence-corrected chi connectivity index (χ3v) is 4.42. The second-order valence-electron chi connectivity index (χ2n) is 5.45. The molecule has 1 aromatic carbocycles. The predicted octanol–water partition coefficient (Wildman–Crippen LogP) is 3.49. The number of rotatable bonds is 4. The fourth-order valence-electron chi connectivity index (χ4n) is 3.01. The number of benzene rings is 1. The quantitative estimate of drug-likeness (QED) is 0.904. The second-order valence-corrected chi connectivity index (χ2v) is 5.45. The summed E-state index contributed by atoms with van der Waals surface area (Å²) in [6.45, 7) is 2.22. The molecule has 106 valence electrons. The maximum Gasteiger partial charge on any atom is 0.125 e. The lowest BCUT2D eigenvalue weighted by Gasteiger charge is -2.37. The zero-order valence-electron chi connectivity index (χ0n) is 12.1. The van der Waals surface area contributed by atoms with Crippen molar-refractivity contribution >= 4 is 0 Å². The maximum atomic E-state index is 11.0. The topological polar surface area (TPSA) is 38.7 Å². The Morgan fingerprint density at radius 2 is 1.89 bits per heavy atom. The fraction of sp³-hybridized carbons (Fsp3) is 0.625. The Labute approximate surface area is 115 Å². The molecule has 0 atom stereocenters. The highest BCUT2D eigenvalue weighted by atomic mass is 16.5. The van der Waals surface area contributed by atoms with Crippen LogP contribution in [0.2, 0.25) is 0 Å². The minimum Gasteiger partial charge on any atom is -0.497 e. The molecule has 1 fully saturated rings. The van der Waals surface area contributed by atoms with Crippen molar-refractivity contribution in [3.05, 3.63) is 23.8 Å². The van der Waals surface area contributed by atoms with Gasteiger partial charge in [-0.25, -0.2) is 0 Å². The Balaban J connectivity index is 2.29. The molecule has 0 saturated heterocycles. The maximum absolute atomic E-state index is 11.0. The van der Waals surface area contributed by atoms with Gasteiger partial charge in [0.15, 0.2) is 0 Å². The number of ether oxygens (including phenoxy) is 2. The van der Waals surface area contributed by atoms with Crippen molar-refractivity contribution in [3.8, 4) is 11.5 Å². The SMILES string of the molecule is CCC1CCC(O)(c2cc(OC)ccc2OC)CC1. The second kappa shape index (κ2) is 5.83. The molecular formula is C16H24O3. The molecule has 0 unspecified atom stereocenters. The van der Waals surface area contributed by atoms with Gasteiger partial charge in [-0.2, -0.15) is 0 Å². The van der Waals surface area contributed by atoms with Gasteiger partial charge in [0.1, 0.15) is 11.5 Å². The average molecular weight is 264 g/mol. The van der Waals surface area contributed by atoms with Crippen LogP contribution in [0.25, 0.3) is 0 Å². The summed E-state index contributed by atoms with van der Waals surface area (Å²) in [7, 11) is 3.29. The highest BCUT2D eigenvalue weighted by Gasteiger charge is 2.36. The molecule has 0 bridgehead atoms. The first-order chi connectivity index (χ1) is 9.12. The third kappa shape index (κ3) is 2.86. The molecule has 0 heterocycles. The molecule has 1 aliphatic rings. The monoisotopic (exact) mass is 264 g/mol. The number of hydrogen-bond acceptors (Lipinski definition) is 3. The molecule has 0 spiro atoms. The Hall–Kier alpha value is -1.22. The lowest BCUT2D eigenvalue weighted by atomic mass is 9.74. The van der Waals surface area contributed by atoms with Crippen LogP contribution in [0.1, 0.15) is 44.6 Å². The first-order valence-corrected chi connectivity index (χ1v) is 7.08. The van der Waals surface area contributed by atoms with Gasteiger partial charge in [0.05, 0.1) is 19.8 Å². The molecule has 0 radical (unpaired) electrons. The molecule has 1 aromatic rings. The van der Waals surface area contributed by atoms with Crippen molar-refractivity contribution in [1.29, 1.82) is 0 Å². The molecule has 3 nitrogen and oxygen atoms in total. The molecule has 1 aliphatic carbocycles. The van der Waals surface area contributed by atoms with Crippen molar-refractivity contribution in [2.75, 3.05) is 14.2 Å². The summed E-state index contributed by atoms with van der Waals surface area (Å²) < 4.78 is 10.7. The summed E-state index contributed by atoms with van der Waals surface area (Å²) in [6.07, 6.45) is 4.95. The summed E-state index contributed by atoms with van der Waals surface area (Å²) in [4.78, 5) is 0. The van der Waals surface area contributed by atoms with Crippen LogP contribution in [0.15, 0.2) is 18.2 Å². The van der Waals surface area contributed by atoms with Crippen molar-refractivity contribution in [3.63, 3.8) is 0 Å². The summed E-state index contributed by atoms with van der Waals surface area (Å²) in [5.74, 6) is 2.26. The van der Waals surface area contributed by atoms with Crippen LogP contribution in [0.3, 0.4) is 0 Å².